The van der Waals surface area contributed by atoms with Crippen molar-refractivity contribution in [3.05, 3.63) is 46.9 Å². The molecule has 2 aliphatic heterocycles. The second kappa shape index (κ2) is 6.68. The first kappa shape index (κ1) is 16.6. The number of benzene rings is 1. The molecule has 0 bridgehead atoms. The van der Waals surface area contributed by atoms with Crippen LogP contribution in [0.3, 0.4) is 0 Å². The first-order valence-electron chi connectivity index (χ1n) is 7.74. The molecule has 1 aromatic carbocycles. The van der Waals surface area contributed by atoms with Gasteiger partial charge in [0.25, 0.3) is 5.91 Å². The Bertz CT molecular complexity index is 704. The predicted molar refractivity (Wildman–Crippen MR) is 92.0 cm³/mol. The number of nitrogens with one attached hydrogen (secondary N) is 1. The number of nitrogens with zero attached hydrogens (tertiary/aromatic N) is 2. The van der Waals surface area contributed by atoms with E-state index in [-0.39, 0.29) is 23.2 Å². The van der Waals surface area contributed by atoms with Gasteiger partial charge in [-0.15, -0.1) is 0 Å². The molecule has 2 atom stereocenters. The largest absolute Gasteiger partial charge is 0.351 e. The van der Waals surface area contributed by atoms with E-state index in [1.807, 2.05) is 30.3 Å². The quantitative estimate of drug-likeness (QED) is 0.897. The molecule has 1 saturated heterocycles. The Morgan fingerprint density at radius 2 is 1.92 bits per heavy atom. The van der Waals surface area contributed by atoms with Crippen molar-refractivity contribution in [3.63, 3.8) is 0 Å². The van der Waals surface area contributed by atoms with Gasteiger partial charge in [0.2, 0.25) is 5.91 Å². The smallest absolute Gasteiger partial charge is 0.327 e. The molecule has 3 rings (SSSR count). The maximum absolute atomic E-state index is 12.3. The Labute approximate surface area is 144 Å². The van der Waals surface area contributed by atoms with Gasteiger partial charge in [-0.2, -0.15) is 0 Å². The molecule has 0 aromatic heterocycles. The van der Waals surface area contributed by atoms with E-state index in [0.29, 0.717) is 11.4 Å². The third kappa shape index (κ3) is 3.03. The summed E-state index contributed by atoms with van der Waals surface area (Å²) in [7, 11) is 3.12. The number of hydrogen-bond donors (Lipinski definition) is 1. The van der Waals surface area contributed by atoms with Gasteiger partial charge in [0.15, 0.2) is 0 Å². The average molecular weight is 345 g/mol. The van der Waals surface area contributed by atoms with E-state index in [1.54, 1.807) is 13.1 Å². The van der Waals surface area contributed by atoms with Crippen molar-refractivity contribution in [2.75, 3.05) is 20.6 Å². The molecule has 0 saturated carbocycles. The zero-order chi connectivity index (χ0) is 17.3. The van der Waals surface area contributed by atoms with E-state index < -0.39 is 5.92 Å². The monoisotopic (exact) mass is 345 g/mol. The lowest BCUT2D eigenvalue weighted by Gasteiger charge is -2.37. The highest BCUT2D eigenvalue weighted by Gasteiger charge is 2.47. The van der Waals surface area contributed by atoms with Crippen molar-refractivity contribution < 1.29 is 14.4 Å². The molecule has 24 heavy (non-hydrogen) atoms. The molecule has 1 aromatic rings. The number of thioether (sulfide) groups is 1. The minimum Gasteiger partial charge on any atom is -0.351 e. The highest BCUT2D eigenvalue weighted by molar-refractivity contribution is 8.04. The third-order valence-corrected chi connectivity index (χ3v) is 5.66. The minimum atomic E-state index is -0.461. The van der Waals surface area contributed by atoms with Gasteiger partial charge in [-0.3, -0.25) is 14.5 Å². The fourth-order valence-electron chi connectivity index (χ4n) is 2.85. The average Bonchev–Trinajstić information content (AvgIpc) is 3.04. The summed E-state index contributed by atoms with van der Waals surface area (Å²) in [5, 5.41) is 2.54. The summed E-state index contributed by atoms with van der Waals surface area (Å²) in [6.45, 7) is 0.526. The summed E-state index contributed by atoms with van der Waals surface area (Å²) in [6.07, 6.45) is 2.42. The zero-order valence-electron chi connectivity index (χ0n) is 13.6. The molecule has 6 nitrogen and oxygen atoms in total. The molecule has 0 spiro atoms. The van der Waals surface area contributed by atoms with Gasteiger partial charge in [0.05, 0.1) is 16.2 Å². The molecular weight excluding hydrogens is 326 g/mol. The maximum atomic E-state index is 12.3. The lowest BCUT2D eigenvalue weighted by molar-refractivity contribution is -0.133. The SMILES string of the molecule is CN1C(=O)C2C=C(C(=O)NCCc3ccccc3)SC2N(C)C1=O. The number of imide groups is 1. The number of rotatable bonds is 4. The van der Waals surface area contributed by atoms with Gasteiger partial charge < -0.3 is 10.2 Å². The lowest BCUT2D eigenvalue weighted by Crippen LogP contribution is -2.56. The second-order valence-corrected chi connectivity index (χ2v) is 7.01. The Morgan fingerprint density at radius 1 is 1.21 bits per heavy atom. The van der Waals surface area contributed by atoms with Gasteiger partial charge in [-0.25, -0.2) is 4.79 Å². The molecule has 2 heterocycles. The van der Waals surface area contributed by atoms with Crippen LogP contribution in [-0.4, -0.2) is 53.7 Å². The van der Waals surface area contributed by atoms with Crippen LogP contribution in [0.5, 0.6) is 0 Å². The van der Waals surface area contributed by atoms with Crippen LogP contribution >= 0.6 is 11.8 Å². The van der Waals surface area contributed by atoms with Gasteiger partial charge in [0.1, 0.15) is 0 Å². The van der Waals surface area contributed by atoms with Crippen LogP contribution in [0.1, 0.15) is 5.56 Å². The molecule has 0 radical (unpaired) electrons. The zero-order valence-corrected chi connectivity index (χ0v) is 14.4. The van der Waals surface area contributed by atoms with Crippen molar-refractivity contribution in [3.8, 4) is 0 Å². The van der Waals surface area contributed by atoms with Crippen molar-refractivity contribution in [1.82, 2.24) is 15.1 Å². The summed E-state index contributed by atoms with van der Waals surface area (Å²) in [4.78, 5) is 39.6. The van der Waals surface area contributed by atoms with Crippen LogP contribution in [0.15, 0.2) is 41.3 Å². The number of amides is 4. The minimum absolute atomic E-state index is 0.193. The van der Waals surface area contributed by atoms with Crippen molar-refractivity contribution in [2.24, 2.45) is 5.92 Å². The molecule has 7 heteroatoms. The Balaban J connectivity index is 1.60. The van der Waals surface area contributed by atoms with E-state index in [2.05, 4.69) is 5.32 Å². The molecular formula is C17H19N3O3S. The van der Waals surface area contributed by atoms with E-state index in [0.717, 1.165) is 16.9 Å². The van der Waals surface area contributed by atoms with Crippen LogP contribution in [-0.2, 0) is 16.0 Å². The van der Waals surface area contributed by atoms with E-state index in [1.165, 1.54) is 23.7 Å². The summed E-state index contributed by atoms with van der Waals surface area (Å²) in [5.74, 6) is -0.915. The fourth-order valence-corrected chi connectivity index (χ4v) is 4.10. The van der Waals surface area contributed by atoms with E-state index >= 15 is 0 Å². The van der Waals surface area contributed by atoms with Crippen LogP contribution in [0.4, 0.5) is 4.79 Å². The molecule has 4 amide bonds. The van der Waals surface area contributed by atoms with Gasteiger partial charge in [-0.05, 0) is 18.1 Å². The summed E-state index contributed by atoms with van der Waals surface area (Å²) in [6, 6.07) is 9.57. The first-order chi connectivity index (χ1) is 11.5. The standard InChI is InChI=1S/C17H19N3O3S/c1-19-15(22)12-10-13(24-16(12)20(2)17(19)23)14(21)18-9-8-11-6-4-3-5-7-11/h3-7,10,12,16H,8-9H2,1-2H3,(H,18,21). The second-order valence-electron chi connectivity index (χ2n) is 5.85. The number of fused-ring (bicyclic) bond motifs is 1. The summed E-state index contributed by atoms with van der Waals surface area (Å²) < 4.78 is 0. The number of hydrogen-bond acceptors (Lipinski definition) is 4. The van der Waals surface area contributed by atoms with E-state index in [9.17, 15) is 14.4 Å². The van der Waals surface area contributed by atoms with Crippen LogP contribution in [0.2, 0.25) is 0 Å². The van der Waals surface area contributed by atoms with Gasteiger partial charge in [-0.1, -0.05) is 42.1 Å². The topological polar surface area (TPSA) is 69.7 Å². The van der Waals surface area contributed by atoms with Crippen LogP contribution in [0.25, 0.3) is 0 Å². The molecule has 126 valence electrons. The molecule has 2 unspecified atom stereocenters. The highest BCUT2D eigenvalue weighted by atomic mass is 32.2. The molecule has 1 N–H and O–H groups in total. The van der Waals surface area contributed by atoms with Gasteiger partial charge in [0, 0.05) is 20.6 Å². The van der Waals surface area contributed by atoms with E-state index in [4.69, 9.17) is 0 Å². The molecule has 0 aliphatic carbocycles. The molecule has 1 fully saturated rings. The van der Waals surface area contributed by atoms with Crippen molar-refractivity contribution >= 4 is 29.6 Å². The highest BCUT2D eigenvalue weighted by Crippen LogP contribution is 2.41. The Hall–Kier alpha value is -2.28. The summed E-state index contributed by atoms with van der Waals surface area (Å²) in [5.41, 5.74) is 1.15. The predicted octanol–water partition coefficient (Wildman–Crippen LogP) is 1.44. The maximum Gasteiger partial charge on any atom is 0.327 e. The van der Waals surface area contributed by atoms with Crippen molar-refractivity contribution in [1.29, 1.82) is 0 Å². The van der Waals surface area contributed by atoms with Crippen LogP contribution < -0.4 is 5.32 Å². The Kier molecular flexibility index (Phi) is 4.62. The summed E-state index contributed by atoms with van der Waals surface area (Å²) >= 11 is 1.27. The molecule has 2 aliphatic rings. The van der Waals surface area contributed by atoms with Crippen molar-refractivity contribution in [2.45, 2.75) is 11.8 Å². The first-order valence-corrected chi connectivity index (χ1v) is 8.62. The number of urea groups is 1. The fraction of sp³-hybridized carbons (Fsp3) is 0.353. The van der Waals surface area contributed by atoms with Crippen LogP contribution in [0, 0.1) is 5.92 Å². The number of carbonyl (C=O) groups is 3. The normalized spacial score (nSPS) is 23.2. The van der Waals surface area contributed by atoms with Gasteiger partial charge >= 0.3 is 6.03 Å². The third-order valence-electron chi connectivity index (χ3n) is 4.24. The Morgan fingerprint density at radius 3 is 2.62 bits per heavy atom. The number of carbonyl (C=O) groups excluding carboxylic acids is 3. The lowest BCUT2D eigenvalue weighted by atomic mass is 10.0.